The molecule has 5 nitrogen and oxygen atoms in total. The van der Waals surface area contributed by atoms with E-state index in [1.165, 1.54) is 4.90 Å². The lowest BCUT2D eigenvalue weighted by Gasteiger charge is -2.14. The Balaban J connectivity index is 0.00000113. The van der Waals surface area contributed by atoms with Gasteiger partial charge in [-0.3, -0.25) is 0 Å². The molecule has 0 saturated heterocycles. The Bertz CT molecular complexity index is 1020. The van der Waals surface area contributed by atoms with Gasteiger partial charge >= 0.3 is 0 Å². The van der Waals surface area contributed by atoms with E-state index in [9.17, 15) is 0 Å². The number of anilines is 2. The number of H-pyrrole nitrogens is 1. The number of nitrogens with one attached hydrogen (secondary N) is 2. The van der Waals surface area contributed by atoms with Gasteiger partial charge in [-0.1, -0.05) is 12.1 Å². The number of thioether (sulfide) groups is 1. The van der Waals surface area contributed by atoms with Gasteiger partial charge in [0, 0.05) is 21.5 Å². The number of hydrogen-bond donors (Lipinski definition) is 2. The standard InChI is InChI=1S/C18H16N4S.ClH.H2O/c1-11-9-15(22-12-5-3-4-6-16(12)23-2)17-13(21-11)7-8-14-18(17)20-10-19-14;;/h3-10,21-22H,1-2H3;1H;1H2. The first-order chi connectivity index (χ1) is 11.3. The van der Waals surface area contributed by atoms with E-state index in [-0.39, 0.29) is 17.9 Å². The van der Waals surface area contributed by atoms with Crippen LogP contribution in [-0.2, 0) is 0 Å². The first-order valence-corrected chi connectivity index (χ1v) is 8.62. The zero-order chi connectivity index (χ0) is 15.8. The minimum Gasteiger partial charge on any atom is -0.412 e. The lowest BCUT2D eigenvalue weighted by atomic mass is 10.1. The highest BCUT2D eigenvalue weighted by Crippen LogP contribution is 2.34. The molecule has 0 spiro atoms. The van der Waals surface area contributed by atoms with Crippen molar-refractivity contribution in [3.05, 3.63) is 54.5 Å². The van der Waals surface area contributed by atoms with Gasteiger partial charge < -0.3 is 15.8 Å². The Morgan fingerprint density at radius 2 is 1.84 bits per heavy atom. The normalized spacial score (nSPS) is 10.3. The smallest absolute Gasteiger partial charge is 0.116 e. The number of aromatic nitrogens is 3. The summed E-state index contributed by atoms with van der Waals surface area (Å²) in [5.41, 5.74) is 6.13. The van der Waals surface area contributed by atoms with Gasteiger partial charge in [-0.15, -0.1) is 24.2 Å². The van der Waals surface area contributed by atoms with Gasteiger partial charge in [0.05, 0.1) is 16.9 Å². The molecule has 2 aromatic heterocycles. The summed E-state index contributed by atoms with van der Waals surface area (Å²) in [6.07, 6.45) is 3.70. The molecule has 0 aliphatic carbocycles. The lowest BCUT2D eigenvalue weighted by Crippen LogP contribution is -1.96. The van der Waals surface area contributed by atoms with Crippen LogP contribution in [0.25, 0.3) is 21.9 Å². The van der Waals surface area contributed by atoms with Crippen LogP contribution in [0, 0.1) is 6.92 Å². The van der Waals surface area contributed by atoms with E-state index in [4.69, 9.17) is 0 Å². The summed E-state index contributed by atoms with van der Waals surface area (Å²) in [6, 6.07) is 14.5. The number of nitrogens with zero attached hydrogens (tertiary/aromatic N) is 2. The maximum Gasteiger partial charge on any atom is 0.116 e. The molecule has 0 atom stereocenters. The summed E-state index contributed by atoms with van der Waals surface area (Å²) in [5.74, 6) is 0. The molecule has 7 heteroatoms. The fourth-order valence-electron chi connectivity index (χ4n) is 2.87. The number of imidazole rings is 1. The van der Waals surface area contributed by atoms with Crippen LogP contribution in [0.1, 0.15) is 5.69 Å². The summed E-state index contributed by atoms with van der Waals surface area (Å²) in [5, 5.41) is 4.65. The highest BCUT2D eigenvalue weighted by Gasteiger charge is 2.11. The number of rotatable bonds is 3. The lowest BCUT2D eigenvalue weighted by molar-refractivity contribution is 0.824. The molecule has 0 aliphatic rings. The molecule has 4 rings (SSSR count). The maximum atomic E-state index is 4.45. The largest absolute Gasteiger partial charge is 0.412 e. The summed E-state index contributed by atoms with van der Waals surface area (Å²) in [7, 11) is 0. The molecule has 25 heavy (non-hydrogen) atoms. The van der Waals surface area contributed by atoms with Gasteiger partial charge in [0.1, 0.15) is 11.8 Å². The van der Waals surface area contributed by atoms with Crippen LogP contribution < -0.4 is 5.32 Å². The Morgan fingerprint density at radius 1 is 1.04 bits per heavy atom. The molecular weight excluding hydrogens is 356 g/mol. The van der Waals surface area contributed by atoms with Crippen LogP contribution in [0.2, 0.25) is 0 Å². The van der Waals surface area contributed by atoms with Crippen molar-refractivity contribution < 1.29 is 5.48 Å². The molecule has 0 aliphatic heterocycles. The summed E-state index contributed by atoms with van der Waals surface area (Å²) in [4.78, 5) is 13.4. The zero-order valence-corrected chi connectivity index (χ0v) is 15.5. The van der Waals surface area contributed by atoms with Gasteiger partial charge in [0.25, 0.3) is 0 Å². The van der Waals surface area contributed by atoms with Crippen LogP contribution in [0.3, 0.4) is 0 Å². The Labute approximate surface area is 156 Å². The second-order valence-electron chi connectivity index (χ2n) is 5.42. The Kier molecular flexibility index (Phi) is 5.89. The predicted octanol–water partition coefficient (Wildman–Crippen LogP) is 4.48. The van der Waals surface area contributed by atoms with Crippen molar-refractivity contribution in [2.24, 2.45) is 0 Å². The quantitative estimate of drug-likeness (QED) is 0.517. The van der Waals surface area contributed by atoms with E-state index in [1.807, 2.05) is 12.1 Å². The average Bonchev–Trinajstić information content (AvgIpc) is 3.03. The minimum absolute atomic E-state index is 0. The molecule has 0 unspecified atom stereocenters. The first-order valence-electron chi connectivity index (χ1n) is 7.39. The minimum atomic E-state index is 0. The molecule has 0 bridgehead atoms. The van der Waals surface area contributed by atoms with Crippen LogP contribution in [0.4, 0.5) is 11.4 Å². The number of aryl methyl sites for hydroxylation is 1. The van der Waals surface area contributed by atoms with Gasteiger partial charge in [0.2, 0.25) is 0 Å². The number of fused-ring (bicyclic) bond motifs is 3. The highest BCUT2D eigenvalue weighted by atomic mass is 35.5. The van der Waals surface area contributed by atoms with Crippen molar-refractivity contribution in [2.45, 2.75) is 11.8 Å². The molecule has 4 aromatic rings. The molecule has 0 amide bonds. The van der Waals surface area contributed by atoms with Crippen molar-refractivity contribution in [1.82, 2.24) is 15.0 Å². The average molecular weight is 375 g/mol. The molecule has 130 valence electrons. The fraction of sp³-hybridized carbons (Fsp3) is 0.111. The SMILES string of the molecule is CSc1ccccc1Nc1cc(C)[nH]c2ccc3ncnc3c12.Cl.O. The van der Waals surface area contributed by atoms with E-state index >= 15 is 0 Å². The van der Waals surface area contributed by atoms with Crippen LogP contribution in [0.5, 0.6) is 0 Å². The zero-order valence-electron chi connectivity index (χ0n) is 13.8. The van der Waals surface area contributed by atoms with Crippen molar-refractivity contribution in [3.63, 3.8) is 0 Å². The van der Waals surface area contributed by atoms with Gasteiger partial charge in [-0.05, 0) is 43.5 Å². The van der Waals surface area contributed by atoms with Gasteiger partial charge in [-0.25, -0.2) is 9.97 Å². The van der Waals surface area contributed by atoms with E-state index in [0.29, 0.717) is 0 Å². The monoisotopic (exact) mass is 374 g/mol. The third kappa shape index (κ3) is 3.42. The van der Waals surface area contributed by atoms with Crippen LogP contribution in [0.15, 0.2) is 53.7 Å². The molecule has 4 N–H and O–H groups in total. The Hall–Kier alpha value is -2.28. The number of aromatic amines is 1. The molecular formula is C18H19ClN4OS. The number of para-hydroxylation sites is 1. The Morgan fingerprint density at radius 3 is 2.64 bits per heavy atom. The second kappa shape index (κ2) is 7.74. The highest BCUT2D eigenvalue weighted by molar-refractivity contribution is 7.98. The molecule has 0 fully saturated rings. The van der Waals surface area contributed by atoms with Crippen molar-refractivity contribution in [1.29, 1.82) is 0 Å². The van der Waals surface area contributed by atoms with E-state index in [1.54, 1.807) is 18.1 Å². The van der Waals surface area contributed by atoms with Crippen LogP contribution in [-0.4, -0.2) is 26.7 Å². The van der Waals surface area contributed by atoms with Gasteiger partial charge in [0.15, 0.2) is 0 Å². The number of benzene rings is 2. The maximum absolute atomic E-state index is 4.45. The van der Waals surface area contributed by atoms with Crippen molar-refractivity contribution in [3.8, 4) is 0 Å². The molecule has 0 saturated carbocycles. The summed E-state index contributed by atoms with van der Waals surface area (Å²) >= 11 is 1.73. The number of pyridine rings is 1. The summed E-state index contributed by atoms with van der Waals surface area (Å²) in [6.45, 7) is 2.06. The topological polar surface area (TPSA) is 85.1 Å². The van der Waals surface area contributed by atoms with E-state index < -0.39 is 0 Å². The van der Waals surface area contributed by atoms with Crippen molar-refractivity contribution >= 4 is 57.5 Å². The van der Waals surface area contributed by atoms with Gasteiger partial charge in [-0.2, -0.15) is 0 Å². The molecule has 2 aromatic carbocycles. The molecule has 2 heterocycles. The van der Waals surface area contributed by atoms with Crippen LogP contribution >= 0.6 is 24.2 Å². The fourth-order valence-corrected chi connectivity index (χ4v) is 3.42. The number of halogens is 1. The first kappa shape index (κ1) is 19.1. The molecule has 0 radical (unpaired) electrons. The van der Waals surface area contributed by atoms with E-state index in [0.717, 1.165) is 39.0 Å². The summed E-state index contributed by atoms with van der Waals surface area (Å²) < 4.78 is 0. The third-order valence-electron chi connectivity index (χ3n) is 3.88. The van der Waals surface area contributed by atoms with E-state index in [2.05, 4.69) is 63.8 Å². The second-order valence-corrected chi connectivity index (χ2v) is 6.27. The number of hydrogen-bond acceptors (Lipinski definition) is 4. The van der Waals surface area contributed by atoms with Crippen molar-refractivity contribution in [2.75, 3.05) is 11.6 Å². The predicted molar refractivity (Wildman–Crippen MR) is 108 cm³/mol. The third-order valence-corrected chi connectivity index (χ3v) is 4.67.